The molecule has 9 rings (SSSR count). The Kier molecular flexibility index (Phi) is 8.85. The van der Waals surface area contributed by atoms with Crippen molar-refractivity contribution in [1.29, 1.82) is 0 Å². The van der Waals surface area contributed by atoms with Gasteiger partial charge in [-0.1, -0.05) is 138 Å². The number of benzene rings is 7. The number of nitrogens with zero attached hydrogens (tertiary/aromatic N) is 1. The van der Waals surface area contributed by atoms with Gasteiger partial charge < -0.3 is 13.1 Å². The Morgan fingerprint density at radius 2 is 1.07 bits per heavy atom. The monoisotopic (exact) mass is 727 g/mol. The fourth-order valence-electron chi connectivity index (χ4n) is 8.37. The minimum atomic E-state index is -2.00. The van der Waals surface area contributed by atoms with Gasteiger partial charge in [-0.25, -0.2) is 4.99 Å². The number of hydrogen-bond donors (Lipinski definition) is 0. The number of ether oxygens (including phenoxy) is 1. The lowest BCUT2D eigenvalue weighted by atomic mass is 9.81. The van der Waals surface area contributed by atoms with Crippen molar-refractivity contribution in [3.05, 3.63) is 178 Å². The van der Waals surface area contributed by atoms with Crippen molar-refractivity contribution < 1.29 is 17.7 Å². The zero-order chi connectivity index (χ0) is 36.8. The van der Waals surface area contributed by atoms with Gasteiger partial charge in [-0.3, -0.25) is 4.52 Å². The third-order valence-electron chi connectivity index (χ3n) is 10.5. The topological polar surface area (TPSA) is 57.1 Å². The number of hydrogen-bond acceptors (Lipinski definition) is 5. The van der Waals surface area contributed by atoms with Gasteiger partial charge in [0.05, 0.1) is 0 Å². The Morgan fingerprint density at radius 1 is 0.593 bits per heavy atom. The molecule has 0 saturated heterocycles. The molecule has 0 aliphatic carbocycles. The van der Waals surface area contributed by atoms with E-state index in [0.29, 0.717) is 25.3 Å². The lowest BCUT2D eigenvalue weighted by molar-refractivity contribution is 0.0715. The Morgan fingerprint density at radius 3 is 1.59 bits per heavy atom. The number of fused-ring (bicyclic) bond motifs is 7. The fraction of sp³-hybridized carbons (Fsp3) is 0.188. The van der Waals surface area contributed by atoms with Gasteiger partial charge in [-0.2, -0.15) is 0 Å². The van der Waals surface area contributed by atoms with Crippen molar-refractivity contribution in [3.8, 4) is 0 Å². The van der Waals surface area contributed by atoms with Gasteiger partial charge in [0.1, 0.15) is 29.4 Å². The molecule has 1 aliphatic heterocycles. The maximum absolute atomic E-state index is 7.57. The van der Waals surface area contributed by atoms with Crippen LogP contribution < -0.4 is 4.52 Å². The van der Waals surface area contributed by atoms with Crippen molar-refractivity contribution >= 4 is 57.6 Å². The summed E-state index contributed by atoms with van der Waals surface area (Å²) in [6.07, 6.45) is 1.14. The fourth-order valence-corrected chi connectivity index (χ4v) is 9.66. The van der Waals surface area contributed by atoms with E-state index in [1.165, 1.54) is 33.4 Å². The summed E-state index contributed by atoms with van der Waals surface area (Å²) in [5.41, 5.74) is 8.65. The number of aryl methyl sites for hydroxylation is 4. The van der Waals surface area contributed by atoms with E-state index in [2.05, 4.69) is 137 Å². The molecule has 5 nitrogen and oxygen atoms in total. The average Bonchev–Trinajstić information content (AvgIpc) is 3.60. The van der Waals surface area contributed by atoms with Crippen LogP contribution in [0.4, 0.5) is 0 Å². The summed E-state index contributed by atoms with van der Waals surface area (Å²) in [5, 5.41) is 6.50. The zero-order valence-electron chi connectivity index (χ0n) is 31.0. The summed E-state index contributed by atoms with van der Waals surface area (Å²) in [7, 11) is -2.00. The number of rotatable bonds is 8. The van der Waals surface area contributed by atoms with Crippen LogP contribution in [0.1, 0.15) is 38.9 Å². The minimum Gasteiger partial charge on any atom is -0.475 e. The van der Waals surface area contributed by atoms with Crippen LogP contribution in [0.3, 0.4) is 0 Å². The van der Waals surface area contributed by atoms with Gasteiger partial charge in [0.15, 0.2) is 0 Å². The van der Waals surface area contributed by atoms with Gasteiger partial charge in [0.2, 0.25) is 5.90 Å². The van der Waals surface area contributed by atoms with Gasteiger partial charge in [-0.15, -0.1) is 0 Å². The van der Waals surface area contributed by atoms with Crippen LogP contribution in [-0.2, 0) is 17.6 Å². The van der Waals surface area contributed by atoms with Crippen LogP contribution in [0.25, 0.3) is 43.5 Å². The molecule has 7 aromatic carbocycles. The van der Waals surface area contributed by atoms with Crippen LogP contribution >= 0.6 is 8.24 Å². The Labute approximate surface area is 316 Å². The van der Waals surface area contributed by atoms with Crippen molar-refractivity contribution in [2.75, 3.05) is 6.61 Å². The Balaban J connectivity index is 1.32. The molecule has 1 atom stereocenters. The molecule has 0 N–H and O–H groups in total. The molecule has 2 heterocycles. The molecule has 0 unspecified atom stereocenters. The quantitative estimate of drug-likeness (QED) is 0.156. The lowest BCUT2D eigenvalue weighted by Crippen LogP contribution is -2.51. The molecule has 0 fully saturated rings. The molecular weight excluding hydrogens is 686 g/mol. The van der Waals surface area contributed by atoms with Gasteiger partial charge in [0, 0.05) is 29.2 Å². The second-order valence-electron chi connectivity index (χ2n) is 14.9. The van der Waals surface area contributed by atoms with E-state index in [1.54, 1.807) is 0 Å². The molecule has 1 aliphatic rings. The lowest BCUT2D eigenvalue weighted by Gasteiger charge is -2.35. The Hall–Kier alpha value is -5.61. The highest BCUT2D eigenvalue weighted by molar-refractivity contribution is 7.31. The number of aliphatic imine (C=N–C) groups is 1. The first-order valence-corrected chi connectivity index (χ1v) is 19.7. The van der Waals surface area contributed by atoms with Crippen LogP contribution in [0.5, 0.6) is 0 Å². The Bertz CT molecular complexity index is 2580. The van der Waals surface area contributed by atoms with E-state index in [0.717, 1.165) is 49.0 Å². The molecule has 0 amide bonds. The van der Waals surface area contributed by atoms with Crippen molar-refractivity contribution in [3.63, 3.8) is 0 Å². The van der Waals surface area contributed by atoms with Gasteiger partial charge in [0.25, 0.3) is 0 Å². The highest BCUT2D eigenvalue weighted by Gasteiger charge is 2.46. The molecule has 0 saturated carbocycles. The summed E-state index contributed by atoms with van der Waals surface area (Å²) in [4.78, 5) is 5.34. The average molecular weight is 728 g/mol. The van der Waals surface area contributed by atoms with Crippen molar-refractivity contribution in [2.24, 2.45) is 4.99 Å². The molecule has 54 heavy (non-hydrogen) atoms. The molecule has 6 heteroatoms. The van der Waals surface area contributed by atoms with Crippen LogP contribution in [0, 0.1) is 27.7 Å². The first-order chi connectivity index (χ1) is 26.3. The molecular formula is C48H42NO4P. The zero-order valence-corrected chi connectivity index (χ0v) is 31.9. The standard InChI is InChI=1S/C48H42NO4P/c1-31-22-32(2)25-35(24-31)28-48(29-36-26-33(3)23-34(4)27-36,44-30-50-47(49-44)39-14-6-5-7-15-39)53-54-51-42-20-18-37-12-8-10-16-40(37)45(42)46-41-17-11-9-13-38(41)19-21-43(46)52-54/h5-27,44H,28-30H2,1-4H3/t44-/m1/s1. The van der Waals surface area contributed by atoms with Crippen LogP contribution in [-0.4, -0.2) is 24.1 Å². The summed E-state index contributed by atoms with van der Waals surface area (Å²) in [5.74, 6) is 0.624. The smallest absolute Gasteiger partial charge is 0.388 e. The van der Waals surface area contributed by atoms with Gasteiger partial charge >= 0.3 is 8.24 Å². The van der Waals surface area contributed by atoms with E-state index in [1.807, 2.05) is 30.3 Å². The first kappa shape index (κ1) is 34.2. The van der Waals surface area contributed by atoms with Gasteiger partial charge in [-0.05, 0) is 84.6 Å². The highest BCUT2D eigenvalue weighted by atomic mass is 31.1. The van der Waals surface area contributed by atoms with E-state index in [-0.39, 0.29) is 6.04 Å². The van der Waals surface area contributed by atoms with Crippen LogP contribution in [0.15, 0.2) is 153 Å². The van der Waals surface area contributed by atoms with Crippen molar-refractivity contribution in [2.45, 2.75) is 52.2 Å². The predicted molar refractivity (Wildman–Crippen MR) is 223 cm³/mol. The maximum Gasteiger partial charge on any atom is 0.388 e. The molecule has 0 spiro atoms. The summed E-state index contributed by atoms with van der Waals surface area (Å²) < 4.78 is 28.1. The van der Waals surface area contributed by atoms with E-state index < -0.39 is 13.8 Å². The maximum atomic E-state index is 7.57. The molecule has 0 bridgehead atoms. The minimum absolute atomic E-state index is 0.362. The second-order valence-corrected chi connectivity index (χ2v) is 15.8. The third-order valence-corrected chi connectivity index (χ3v) is 11.7. The first-order valence-electron chi connectivity index (χ1n) is 18.6. The third kappa shape index (κ3) is 6.59. The SMILES string of the molecule is Cc1cc(C)cc(CC(Cc2cc(C)cc(C)c2)(Op2oc3ccc4ccccc4c3c3c(ccc4ccccc43)o2)[C@H]2COC(c3ccccc3)=N2)c1. The highest BCUT2D eigenvalue weighted by Crippen LogP contribution is 2.44. The van der Waals surface area contributed by atoms with Crippen LogP contribution in [0.2, 0.25) is 0 Å². The molecule has 1 aromatic heterocycles. The van der Waals surface area contributed by atoms with E-state index >= 15 is 0 Å². The molecule has 0 radical (unpaired) electrons. The molecule has 268 valence electrons. The molecule has 8 aromatic rings. The summed E-state index contributed by atoms with van der Waals surface area (Å²) in [6.45, 7) is 8.97. The van der Waals surface area contributed by atoms with Crippen molar-refractivity contribution in [1.82, 2.24) is 0 Å². The van der Waals surface area contributed by atoms with E-state index in [9.17, 15) is 0 Å². The van der Waals surface area contributed by atoms with E-state index in [4.69, 9.17) is 22.6 Å². The second kappa shape index (κ2) is 14.0. The summed E-state index contributed by atoms with van der Waals surface area (Å²) >= 11 is 0. The normalized spacial score (nSPS) is 14.5. The predicted octanol–water partition coefficient (Wildman–Crippen LogP) is 12.3. The largest absolute Gasteiger partial charge is 0.475 e. The summed E-state index contributed by atoms with van der Waals surface area (Å²) in [6, 6.07) is 48.5.